The van der Waals surface area contributed by atoms with Gasteiger partial charge in [0, 0.05) is 19.5 Å². The Morgan fingerprint density at radius 1 is 1.09 bits per heavy atom. The highest BCUT2D eigenvalue weighted by atomic mass is 35.5. The van der Waals surface area contributed by atoms with Crippen molar-refractivity contribution in [3.05, 3.63) is 33.8 Å². The molecule has 2 heterocycles. The number of halogens is 2. The standard InChI is InChI=1S/C23H33Cl2N3O4/c24-18-6-4-16(12-19(18)25)14-26-23(31)13-17-5-7-20(21(15-29)32-17)27-22(30)8-11-28-9-2-1-3-10-28/h4,6,12,17,20-21,29H,1-3,5,7-11,13-15H2,(H,26,31)(H,27,30)/t17-,20-,21-/m1/s1. The molecule has 9 heteroatoms. The number of piperidine rings is 1. The number of amides is 2. The van der Waals surface area contributed by atoms with E-state index < -0.39 is 6.10 Å². The fourth-order valence-electron chi connectivity index (χ4n) is 4.30. The molecule has 2 aliphatic rings. The van der Waals surface area contributed by atoms with Crippen molar-refractivity contribution < 1.29 is 19.4 Å². The Morgan fingerprint density at radius 3 is 2.59 bits per heavy atom. The Hall–Kier alpha value is -1.38. The summed E-state index contributed by atoms with van der Waals surface area (Å²) in [6.07, 6.45) is 4.86. The van der Waals surface area contributed by atoms with Gasteiger partial charge in [-0.1, -0.05) is 35.7 Å². The van der Waals surface area contributed by atoms with Gasteiger partial charge in [-0.25, -0.2) is 0 Å². The number of nitrogens with zero attached hydrogens (tertiary/aromatic N) is 1. The summed E-state index contributed by atoms with van der Waals surface area (Å²) < 4.78 is 5.93. The number of nitrogens with one attached hydrogen (secondary N) is 2. The van der Waals surface area contributed by atoms with Crippen molar-refractivity contribution in [1.82, 2.24) is 15.5 Å². The Labute approximate surface area is 199 Å². The molecule has 2 saturated heterocycles. The molecular weight excluding hydrogens is 453 g/mol. The summed E-state index contributed by atoms with van der Waals surface area (Å²) >= 11 is 11.9. The molecule has 2 amide bonds. The molecule has 0 unspecified atom stereocenters. The molecule has 3 atom stereocenters. The number of ether oxygens (including phenoxy) is 1. The normalized spacial score (nSPS) is 24.2. The summed E-state index contributed by atoms with van der Waals surface area (Å²) in [6, 6.07) is 5.00. The first kappa shape index (κ1) is 25.2. The van der Waals surface area contributed by atoms with E-state index in [0.29, 0.717) is 35.9 Å². The third kappa shape index (κ3) is 7.89. The molecule has 2 fully saturated rings. The largest absolute Gasteiger partial charge is 0.394 e. The highest BCUT2D eigenvalue weighted by Crippen LogP contribution is 2.24. The number of aliphatic hydroxyl groups excluding tert-OH is 1. The third-order valence-corrected chi connectivity index (χ3v) is 6.87. The maximum absolute atomic E-state index is 12.4. The second kappa shape index (κ2) is 12.8. The first-order chi connectivity index (χ1) is 15.4. The first-order valence-corrected chi connectivity index (χ1v) is 12.2. The minimum Gasteiger partial charge on any atom is -0.394 e. The fourth-order valence-corrected chi connectivity index (χ4v) is 4.62. The van der Waals surface area contributed by atoms with Crippen LogP contribution in [0.1, 0.15) is 50.5 Å². The van der Waals surface area contributed by atoms with E-state index in [1.54, 1.807) is 12.1 Å². The predicted molar refractivity (Wildman–Crippen MR) is 125 cm³/mol. The van der Waals surface area contributed by atoms with Crippen molar-refractivity contribution in [1.29, 1.82) is 0 Å². The number of benzene rings is 1. The summed E-state index contributed by atoms with van der Waals surface area (Å²) in [4.78, 5) is 27.1. The molecule has 3 N–H and O–H groups in total. The lowest BCUT2D eigenvalue weighted by molar-refractivity contribution is -0.136. The van der Waals surface area contributed by atoms with E-state index in [9.17, 15) is 14.7 Å². The smallest absolute Gasteiger partial charge is 0.222 e. The zero-order valence-corrected chi connectivity index (χ0v) is 19.8. The fraction of sp³-hybridized carbons (Fsp3) is 0.652. The number of carbonyl (C=O) groups is 2. The van der Waals surface area contributed by atoms with Gasteiger partial charge >= 0.3 is 0 Å². The summed E-state index contributed by atoms with van der Waals surface area (Å²) in [5.41, 5.74) is 0.859. The molecule has 0 saturated carbocycles. The van der Waals surface area contributed by atoms with Crippen molar-refractivity contribution in [3.8, 4) is 0 Å². The Balaban J connectivity index is 1.38. The molecule has 0 aromatic heterocycles. The van der Waals surface area contributed by atoms with Gasteiger partial charge in [-0.3, -0.25) is 9.59 Å². The molecule has 1 aromatic rings. The molecule has 1 aromatic carbocycles. The highest BCUT2D eigenvalue weighted by Gasteiger charge is 2.32. The van der Waals surface area contributed by atoms with Crippen LogP contribution < -0.4 is 10.6 Å². The van der Waals surface area contributed by atoms with E-state index >= 15 is 0 Å². The summed E-state index contributed by atoms with van der Waals surface area (Å²) in [7, 11) is 0. The lowest BCUT2D eigenvalue weighted by Gasteiger charge is -2.36. The van der Waals surface area contributed by atoms with Crippen molar-refractivity contribution in [2.24, 2.45) is 0 Å². The van der Waals surface area contributed by atoms with Crippen LogP contribution >= 0.6 is 23.2 Å². The minimum atomic E-state index is -0.504. The molecule has 0 bridgehead atoms. The summed E-state index contributed by atoms with van der Waals surface area (Å²) in [6.45, 7) is 3.05. The number of carbonyl (C=O) groups excluding carboxylic acids is 2. The zero-order valence-electron chi connectivity index (χ0n) is 18.3. The van der Waals surface area contributed by atoms with Crippen LogP contribution in [0, 0.1) is 0 Å². The van der Waals surface area contributed by atoms with Crippen molar-refractivity contribution >= 4 is 35.0 Å². The Bertz CT molecular complexity index is 774. The number of rotatable bonds is 9. The second-order valence-electron chi connectivity index (χ2n) is 8.61. The SMILES string of the molecule is O=C(C[C@H]1CC[C@@H](NC(=O)CCN2CCCCC2)[C@@H](CO)O1)NCc1ccc(Cl)c(Cl)c1. The molecule has 0 aliphatic carbocycles. The maximum atomic E-state index is 12.4. The minimum absolute atomic E-state index is 0.0135. The van der Waals surface area contributed by atoms with Crippen LogP contribution in [0.2, 0.25) is 10.0 Å². The monoisotopic (exact) mass is 485 g/mol. The van der Waals surface area contributed by atoms with Crippen LogP contribution in [0.5, 0.6) is 0 Å². The number of aliphatic hydroxyl groups is 1. The maximum Gasteiger partial charge on any atom is 0.222 e. The molecule has 2 aliphatic heterocycles. The van der Waals surface area contributed by atoms with Gasteiger partial charge < -0.3 is 25.4 Å². The van der Waals surface area contributed by atoms with Gasteiger partial charge in [-0.05, 0) is 56.5 Å². The van der Waals surface area contributed by atoms with Gasteiger partial charge in [0.15, 0.2) is 0 Å². The highest BCUT2D eigenvalue weighted by molar-refractivity contribution is 6.42. The zero-order chi connectivity index (χ0) is 22.9. The van der Waals surface area contributed by atoms with Gasteiger partial charge in [-0.15, -0.1) is 0 Å². The molecule has 0 spiro atoms. The van der Waals surface area contributed by atoms with E-state index in [0.717, 1.165) is 25.2 Å². The predicted octanol–water partition coefficient (Wildman–Crippen LogP) is 2.90. The average molecular weight is 486 g/mol. The number of hydrogen-bond acceptors (Lipinski definition) is 5. The van der Waals surface area contributed by atoms with Crippen LogP contribution in [0.4, 0.5) is 0 Å². The van der Waals surface area contributed by atoms with Crippen LogP contribution in [0.3, 0.4) is 0 Å². The van der Waals surface area contributed by atoms with E-state index in [1.165, 1.54) is 19.3 Å². The lowest BCUT2D eigenvalue weighted by atomic mass is 9.96. The van der Waals surface area contributed by atoms with Crippen LogP contribution in [-0.2, 0) is 20.9 Å². The Kier molecular flexibility index (Phi) is 10.1. The van der Waals surface area contributed by atoms with Crippen LogP contribution in [-0.4, -0.2) is 66.3 Å². The molecule has 32 heavy (non-hydrogen) atoms. The quantitative estimate of drug-likeness (QED) is 0.500. The van der Waals surface area contributed by atoms with Crippen LogP contribution in [0.15, 0.2) is 18.2 Å². The van der Waals surface area contributed by atoms with Gasteiger partial charge in [0.25, 0.3) is 0 Å². The van der Waals surface area contributed by atoms with Gasteiger partial charge in [-0.2, -0.15) is 0 Å². The van der Waals surface area contributed by atoms with Crippen molar-refractivity contribution in [2.45, 2.75) is 69.7 Å². The van der Waals surface area contributed by atoms with E-state index in [-0.39, 0.29) is 37.0 Å². The average Bonchev–Trinajstić information content (AvgIpc) is 2.80. The summed E-state index contributed by atoms with van der Waals surface area (Å²) in [5.74, 6) is -0.151. The second-order valence-corrected chi connectivity index (χ2v) is 9.43. The van der Waals surface area contributed by atoms with Gasteiger partial charge in [0.1, 0.15) is 6.10 Å². The molecular formula is C23H33Cl2N3O4. The van der Waals surface area contributed by atoms with Gasteiger partial charge in [0.05, 0.1) is 35.2 Å². The third-order valence-electron chi connectivity index (χ3n) is 6.13. The van der Waals surface area contributed by atoms with Crippen molar-refractivity contribution in [2.75, 3.05) is 26.2 Å². The van der Waals surface area contributed by atoms with Crippen molar-refractivity contribution in [3.63, 3.8) is 0 Å². The molecule has 3 rings (SSSR count). The summed E-state index contributed by atoms with van der Waals surface area (Å²) in [5, 5.41) is 16.5. The lowest BCUT2D eigenvalue weighted by Crippen LogP contribution is -2.51. The Morgan fingerprint density at radius 2 is 1.88 bits per heavy atom. The van der Waals surface area contributed by atoms with E-state index in [1.807, 2.05) is 6.07 Å². The van der Waals surface area contributed by atoms with Gasteiger partial charge in [0.2, 0.25) is 11.8 Å². The van der Waals surface area contributed by atoms with Crippen LogP contribution in [0.25, 0.3) is 0 Å². The molecule has 7 nitrogen and oxygen atoms in total. The van der Waals surface area contributed by atoms with E-state index in [4.69, 9.17) is 27.9 Å². The number of likely N-dealkylation sites (tertiary alicyclic amines) is 1. The number of hydrogen-bond donors (Lipinski definition) is 3. The molecule has 178 valence electrons. The first-order valence-electron chi connectivity index (χ1n) is 11.4. The molecule has 0 radical (unpaired) electrons. The van der Waals surface area contributed by atoms with E-state index in [2.05, 4.69) is 15.5 Å². The topological polar surface area (TPSA) is 90.9 Å².